The second kappa shape index (κ2) is 9.66. The van der Waals surface area contributed by atoms with Crippen molar-refractivity contribution in [3.05, 3.63) is 70.8 Å². The molecule has 0 N–H and O–H groups in total. The third-order valence-corrected chi connectivity index (χ3v) is 6.34. The van der Waals surface area contributed by atoms with E-state index < -0.39 is 11.7 Å². The molecule has 0 aliphatic carbocycles. The second-order valence-corrected chi connectivity index (χ2v) is 8.60. The number of nitriles is 1. The first-order valence-electron chi connectivity index (χ1n) is 10.7. The molecule has 1 heterocycles. The lowest BCUT2D eigenvalue weighted by atomic mass is 9.81. The Morgan fingerprint density at radius 3 is 2.40 bits per heavy atom. The molecule has 1 aliphatic heterocycles. The van der Waals surface area contributed by atoms with Crippen LogP contribution in [0.15, 0.2) is 48.5 Å². The second-order valence-electron chi connectivity index (χ2n) is 8.60. The van der Waals surface area contributed by atoms with Crippen LogP contribution in [-0.2, 0) is 19.0 Å². The summed E-state index contributed by atoms with van der Waals surface area (Å²) in [5.74, 6) is 0.583. The van der Waals surface area contributed by atoms with Crippen LogP contribution < -0.4 is 0 Å². The van der Waals surface area contributed by atoms with Gasteiger partial charge in [-0.15, -0.1) is 0 Å². The summed E-state index contributed by atoms with van der Waals surface area (Å²) in [5.41, 5.74) is 1.64. The van der Waals surface area contributed by atoms with Crippen LogP contribution in [-0.4, -0.2) is 24.0 Å². The summed E-state index contributed by atoms with van der Waals surface area (Å²) in [6, 6.07) is 16.1. The molecular formula is C25H29F3N2. The van der Waals surface area contributed by atoms with Gasteiger partial charge in [0.2, 0.25) is 0 Å². The fourth-order valence-corrected chi connectivity index (χ4v) is 4.53. The van der Waals surface area contributed by atoms with Crippen LogP contribution in [0.25, 0.3) is 0 Å². The zero-order valence-corrected chi connectivity index (χ0v) is 17.6. The summed E-state index contributed by atoms with van der Waals surface area (Å²) in [5, 5.41) is 8.97. The fraction of sp³-hybridized carbons (Fsp3) is 0.480. The molecule has 160 valence electrons. The van der Waals surface area contributed by atoms with Crippen molar-refractivity contribution in [3.8, 4) is 6.07 Å². The number of hydrogen-bond donors (Lipinski definition) is 0. The first kappa shape index (κ1) is 22.4. The molecule has 0 amide bonds. The van der Waals surface area contributed by atoms with Gasteiger partial charge in [0.15, 0.2) is 0 Å². The van der Waals surface area contributed by atoms with Crippen LogP contribution in [0.4, 0.5) is 13.2 Å². The average Bonchev–Trinajstić information content (AvgIpc) is 3.21. The summed E-state index contributed by atoms with van der Waals surface area (Å²) in [7, 11) is 0. The number of aryl methyl sites for hydroxylation is 1. The Morgan fingerprint density at radius 1 is 1.10 bits per heavy atom. The molecule has 1 fully saturated rings. The van der Waals surface area contributed by atoms with E-state index in [4.69, 9.17) is 5.26 Å². The van der Waals surface area contributed by atoms with E-state index in [0.717, 1.165) is 37.9 Å². The highest BCUT2D eigenvalue weighted by Crippen LogP contribution is 2.36. The molecule has 0 bridgehead atoms. The molecule has 0 aromatic heterocycles. The zero-order chi connectivity index (χ0) is 21.7. The van der Waals surface area contributed by atoms with Gasteiger partial charge in [-0.3, -0.25) is 0 Å². The maximum Gasteiger partial charge on any atom is 0.416 e. The normalized spacial score (nSPS) is 18.5. The number of rotatable bonds is 7. The molecule has 2 nitrogen and oxygen atoms in total. The van der Waals surface area contributed by atoms with Gasteiger partial charge in [0, 0.05) is 12.6 Å². The smallest absolute Gasteiger partial charge is 0.301 e. The van der Waals surface area contributed by atoms with Gasteiger partial charge in [0.05, 0.1) is 17.2 Å². The van der Waals surface area contributed by atoms with Crippen molar-refractivity contribution in [2.24, 2.45) is 11.8 Å². The van der Waals surface area contributed by atoms with Gasteiger partial charge in [0.25, 0.3) is 0 Å². The van der Waals surface area contributed by atoms with Gasteiger partial charge >= 0.3 is 6.18 Å². The molecule has 1 saturated heterocycles. The third-order valence-electron chi connectivity index (χ3n) is 6.34. The SMILES string of the molecule is CC(C)N1CC[C@H](C(CCc2ccc(C#N)cc2)Cc2ccccc2C(F)(F)F)C1. The van der Waals surface area contributed by atoms with Gasteiger partial charge in [-0.25, -0.2) is 0 Å². The van der Waals surface area contributed by atoms with E-state index >= 15 is 0 Å². The van der Waals surface area contributed by atoms with E-state index in [1.54, 1.807) is 24.3 Å². The van der Waals surface area contributed by atoms with Crippen LogP contribution in [0.5, 0.6) is 0 Å². The van der Waals surface area contributed by atoms with Crippen molar-refractivity contribution >= 4 is 0 Å². The molecular weight excluding hydrogens is 385 g/mol. The minimum absolute atomic E-state index is 0.188. The molecule has 5 heteroatoms. The summed E-state index contributed by atoms with van der Waals surface area (Å²) in [4.78, 5) is 2.43. The zero-order valence-electron chi connectivity index (χ0n) is 17.6. The molecule has 3 rings (SSSR count). The molecule has 0 saturated carbocycles. The molecule has 2 aromatic carbocycles. The monoisotopic (exact) mass is 414 g/mol. The summed E-state index contributed by atoms with van der Waals surface area (Å²) in [6.07, 6.45) is -1.20. The van der Waals surface area contributed by atoms with E-state index in [1.807, 2.05) is 12.1 Å². The topological polar surface area (TPSA) is 27.0 Å². The maximum atomic E-state index is 13.5. The standard InChI is InChI=1S/C25H29F3N2/c1-18(2)30-14-13-23(17-30)21(12-11-19-7-9-20(16-29)10-8-19)15-22-5-3-4-6-24(22)25(26,27)28/h3-10,18,21,23H,11-15,17H2,1-2H3/t21?,23-/m0/s1. The lowest BCUT2D eigenvalue weighted by Crippen LogP contribution is -2.30. The first-order valence-corrected chi connectivity index (χ1v) is 10.7. The minimum Gasteiger partial charge on any atom is -0.301 e. The Labute approximate surface area is 177 Å². The van der Waals surface area contributed by atoms with Gasteiger partial charge in [-0.2, -0.15) is 18.4 Å². The van der Waals surface area contributed by atoms with Crippen LogP contribution in [0.3, 0.4) is 0 Å². The van der Waals surface area contributed by atoms with Crippen LogP contribution in [0.1, 0.15) is 48.9 Å². The number of alkyl halides is 3. The quantitative estimate of drug-likeness (QED) is 0.547. The van der Waals surface area contributed by atoms with E-state index in [2.05, 4.69) is 24.8 Å². The maximum absolute atomic E-state index is 13.5. The van der Waals surface area contributed by atoms with Crippen molar-refractivity contribution in [1.82, 2.24) is 4.90 Å². The minimum atomic E-state index is -4.33. The van der Waals surface area contributed by atoms with Crippen molar-refractivity contribution in [3.63, 3.8) is 0 Å². The number of halogens is 3. The molecule has 1 unspecified atom stereocenters. The average molecular weight is 415 g/mol. The number of likely N-dealkylation sites (tertiary alicyclic amines) is 1. The van der Waals surface area contributed by atoms with E-state index in [1.165, 1.54) is 12.1 Å². The van der Waals surface area contributed by atoms with E-state index in [-0.39, 0.29) is 5.92 Å². The highest BCUT2D eigenvalue weighted by atomic mass is 19.4. The van der Waals surface area contributed by atoms with Crippen LogP contribution in [0, 0.1) is 23.2 Å². The predicted molar refractivity (Wildman–Crippen MR) is 113 cm³/mol. The fourth-order valence-electron chi connectivity index (χ4n) is 4.53. The van der Waals surface area contributed by atoms with Gasteiger partial charge in [-0.1, -0.05) is 30.3 Å². The molecule has 30 heavy (non-hydrogen) atoms. The van der Waals surface area contributed by atoms with Crippen LogP contribution >= 0.6 is 0 Å². The number of hydrogen-bond acceptors (Lipinski definition) is 2. The molecule has 2 atom stereocenters. The Balaban J connectivity index is 1.79. The number of benzene rings is 2. The van der Waals surface area contributed by atoms with E-state index in [0.29, 0.717) is 29.5 Å². The van der Waals surface area contributed by atoms with Gasteiger partial charge in [-0.05, 0) is 87.2 Å². The molecule has 0 radical (unpaired) electrons. The Morgan fingerprint density at radius 2 is 1.80 bits per heavy atom. The molecule has 2 aromatic rings. The summed E-state index contributed by atoms with van der Waals surface area (Å²) < 4.78 is 40.6. The van der Waals surface area contributed by atoms with Crippen molar-refractivity contribution in [1.29, 1.82) is 5.26 Å². The van der Waals surface area contributed by atoms with Crippen molar-refractivity contribution < 1.29 is 13.2 Å². The largest absolute Gasteiger partial charge is 0.416 e. The van der Waals surface area contributed by atoms with E-state index in [9.17, 15) is 13.2 Å². The number of nitrogens with zero attached hydrogens (tertiary/aromatic N) is 2. The highest BCUT2D eigenvalue weighted by Gasteiger charge is 2.35. The van der Waals surface area contributed by atoms with Crippen molar-refractivity contribution in [2.45, 2.75) is 51.7 Å². The molecule has 0 spiro atoms. The van der Waals surface area contributed by atoms with Crippen LogP contribution in [0.2, 0.25) is 0 Å². The predicted octanol–water partition coefficient (Wildman–Crippen LogP) is 6.10. The van der Waals surface area contributed by atoms with Gasteiger partial charge < -0.3 is 4.90 Å². The molecule has 1 aliphatic rings. The summed E-state index contributed by atoms with van der Waals surface area (Å²) in [6.45, 7) is 6.31. The first-order chi connectivity index (χ1) is 14.3. The third kappa shape index (κ3) is 5.64. The summed E-state index contributed by atoms with van der Waals surface area (Å²) >= 11 is 0. The highest BCUT2D eigenvalue weighted by molar-refractivity contribution is 5.32. The van der Waals surface area contributed by atoms with Crippen molar-refractivity contribution in [2.75, 3.05) is 13.1 Å². The lowest BCUT2D eigenvalue weighted by Gasteiger charge is -2.27. The Kier molecular flexibility index (Phi) is 7.20. The van der Waals surface area contributed by atoms with Gasteiger partial charge in [0.1, 0.15) is 0 Å². The lowest BCUT2D eigenvalue weighted by molar-refractivity contribution is -0.138. The Bertz CT molecular complexity index is 865. The Hall–Kier alpha value is -2.32.